The summed E-state index contributed by atoms with van der Waals surface area (Å²) in [6, 6.07) is 3.80. The maximum absolute atomic E-state index is 13.2. The van der Waals surface area contributed by atoms with E-state index in [1.165, 1.54) is 12.1 Å². The second-order valence-corrected chi connectivity index (χ2v) is 5.15. The fraction of sp³-hybridized carbons (Fsp3) is 0.455. The van der Waals surface area contributed by atoms with Crippen LogP contribution in [-0.2, 0) is 5.33 Å². The third-order valence-corrected chi connectivity index (χ3v) is 3.87. The monoisotopic (exact) mass is 398 g/mol. The van der Waals surface area contributed by atoms with Gasteiger partial charge in [0, 0.05) is 10.9 Å². The zero-order chi connectivity index (χ0) is 16.1. The Morgan fingerprint density at radius 3 is 2.24 bits per heavy atom. The molecular formula is C11H6BrClF6O2. The molecule has 0 saturated heterocycles. The topological polar surface area (TPSA) is 18.5 Å². The Morgan fingerprint density at radius 1 is 1.14 bits per heavy atom. The molecule has 2 nitrogen and oxygen atoms in total. The second kappa shape index (κ2) is 5.12. The molecule has 0 amide bonds. The normalized spacial score (nSPS) is 23.2. The van der Waals surface area contributed by atoms with Crippen LogP contribution in [0.3, 0.4) is 0 Å². The molecule has 0 saturated carbocycles. The number of para-hydroxylation sites is 1. The van der Waals surface area contributed by atoms with E-state index in [0.29, 0.717) is 0 Å². The zero-order valence-electron chi connectivity index (χ0n) is 9.86. The lowest BCUT2D eigenvalue weighted by Crippen LogP contribution is -2.63. The quantitative estimate of drug-likeness (QED) is 0.526. The Morgan fingerprint density at radius 2 is 1.76 bits per heavy atom. The van der Waals surface area contributed by atoms with Crippen LogP contribution in [0.2, 0.25) is 0 Å². The molecular weight excluding hydrogens is 393 g/mol. The second-order valence-electron chi connectivity index (χ2n) is 4.15. The standard InChI is InChI=1S/C11H6BrClF6O2/c12-4-5-2-1-3-6-7(5)21-9(20-6,11(17,18)19)8(13)10(14,15)16/h1-3,8H,4H2. The van der Waals surface area contributed by atoms with Crippen LogP contribution in [-0.4, -0.2) is 23.5 Å². The van der Waals surface area contributed by atoms with Gasteiger partial charge in [0.15, 0.2) is 11.5 Å². The first-order valence-corrected chi connectivity index (χ1v) is 6.92. The van der Waals surface area contributed by atoms with Gasteiger partial charge in [0.2, 0.25) is 5.38 Å². The van der Waals surface area contributed by atoms with Crippen LogP contribution in [0.5, 0.6) is 11.5 Å². The lowest BCUT2D eigenvalue weighted by atomic mass is 10.1. The van der Waals surface area contributed by atoms with Crippen LogP contribution >= 0.6 is 27.5 Å². The maximum Gasteiger partial charge on any atom is 0.470 e. The highest BCUT2D eigenvalue weighted by molar-refractivity contribution is 9.08. The molecule has 1 heterocycles. The fourth-order valence-corrected chi connectivity index (χ4v) is 2.43. The van der Waals surface area contributed by atoms with Crippen molar-refractivity contribution in [1.29, 1.82) is 0 Å². The van der Waals surface area contributed by atoms with E-state index in [0.717, 1.165) is 6.07 Å². The third kappa shape index (κ3) is 2.65. The number of fused-ring (bicyclic) bond motifs is 1. The largest absolute Gasteiger partial charge is 0.470 e. The molecule has 1 aromatic rings. The van der Waals surface area contributed by atoms with E-state index in [9.17, 15) is 26.3 Å². The van der Waals surface area contributed by atoms with Crippen LogP contribution < -0.4 is 9.47 Å². The van der Waals surface area contributed by atoms with Gasteiger partial charge in [0.05, 0.1) is 0 Å². The van der Waals surface area contributed by atoms with Gasteiger partial charge in [-0.15, -0.1) is 11.6 Å². The van der Waals surface area contributed by atoms with Crippen molar-refractivity contribution in [1.82, 2.24) is 0 Å². The third-order valence-electron chi connectivity index (χ3n) is 2.74. The van der Waals surface area contributed by atoms with Gasteiger partial charge in [-0.2, -0.15) is 26.3 Å². The lowest BCUT2D eigenvalue weighted by molar-refractivity contribution is -0.334. The minimum Gasteiger partial charge on any atom is -0.439 e. The maximum atomic E-state index is 13.2. The summed E-state index contributed by atoms with van der Waals surface area (Å²) in [5, 5.41) is -3.34. The first-order chi connectivity index (χ1) is 9.53. The summed E-state index contributed by atoms with van der Waals surface area (Å²) in [5.74, 6) is -4.87. The van der Waals surface area contributed by atoms with Gasteiger partial charge in [0.25, 0.3) is 0 Å². The van der Waals surface area contributed by atoms with Crippen molar-refractivity contribution in [2.24, 2.45) is 0 Å². The zero-order valence-corrected chi connectivity index (χ0v) is 12.2. The van der Waals surface area contributed by atoms with E-state index in [-0.39, 0.29) is 10.9 Å². The molecule has 10 heteroatoms. The Balaban J connectivity index is 2.53. The molecule has 0 N–H and O–H groups in total. The SMILES string of the molecule is FC(F)(F)C(Cl)C1(C(F)(F)F)Oc2cccc(CBr)c2O1. The Kier molecular flexibility index (Phi) is 4.03. The minimum absolute atomic E-state index is 0.0758. The molecule has 2 rings (SSSR count). The van der Waals surface area contributed by atoms with E-state index in [2.05, 4.69) is 25.4 Å². The molecule has 0 radical (unpaired) electrons. The van der Waals surface area contributed by atoms with Crippen LogP contribution in [0, 0.1) is 0 Å². The lowest BCUT2D eigenvalue weighted by Gasteiger charge is -2.34. The van der Waals surface area contributed by atoms with Crippen molar-refractivity contribution in [3.63, 3.8) is 0 Å². The van der Waals surface area contributed by atoms with Crippen molar-refractivity contribution < 1.29 is 35.8 Å². The van der Waals surface area contributed by atoms with Crippen molar-refractivity contribution >= 4 is 27.5 Å². The van der Waals surface area contributed by atoms with Gasteiger partial charge in [-0.3, -0.25) is 0 Å². The minimum atomic E-state index is -5.49. The van der Waals surface area contributed by atoms with E-state index in [4.69, 9.17) is 11.6 Å². The molecule has 0 bridgehead atoms. The molecule has 0 aliphatic carbocycles. The predicted octanol–water partition coefficient (Wildman–Crippen LogP) is 4.78. The number of rotatable bonds is 2. The molecule has 2 atom stereocenters. The summed E-state index contributed by atoms with van der Waals surface area (Å²) in [4.78, 5) is 0. The number of hydrogen-bond acceptors (Lipinski definition) is 2. The highest BCUT2D eigenvalue weighted by Gasteiger charge is 2.74. The van der Waals surface area contributed by atoms with Gasteiger partial charge in [0.1, 0.15) is 0 Å². The first kappa shape index (κ1) is 16.5. The van der Waals surface area contributed by atoms with Gasteiger partial charge in [-0.1, -0.05) is 28.1 Å². The van der Waals surface area contributed by atoms with Crippen molar-refractivity contribution in [2.45, 2.75) is 28.8 Å². The highest BCUT2D eigenvalue weighted by atomic mass is 79.9. The number of hydrogen-bond donors (Lipinski definition) is 0. The van der Waals surface area contributed by atoms with Crippen molar-refractivity contribution in [2.75, 3.05) is 0 Å². The smallest absolute Gasteiger partial charge is 0.439 e. The van der Waals surface area contributed by atoms with Crippen LogP contribution in [0.25, 0.3) is 0 Å². The Labute approximate surface area is 128 Å². The molecule has 1 aromatic carbocycles. The van der Waals surface area contributed by atoms with Crippen LogP contribution in [0.1, 0.15) is 5.56 Å². The number of alkyl halides is 8. The molecule has 0 aromatic heterocycles. The van der Waals surface area contributed by atoms with Gasteiger partial charge < -0.3 is 9.47 Å². The molecule has 1 aliphatic rings. The molecule has 0 spiro atoms. The average molecular weight is 400 g/mol. The highest BCUT2D eigenvalue weighted by Crippen LogP contribution is 2.53. The summed E-state index contributed by atoms with van der Waals surface area (Å²) in [6.07, 6.45) is -10.9. The summed E-state index contributed by atoms with van der Waals surface area (Å²) in [7, 11) is 0. The number of ether oxygens (including phenoxy) is 2. The van der Waals surface area contributed by atoms with E-state index < -0.39 is 35.0 Å². The molecule has 0 fully saturated rings. The molecule has 21 heavy (non-hydrogen) atoms. The van der Waals surface area contributed by atoms with E-state index in [1.807, 2.05) is 0 Å². The fourth-order valence-electron chi connectivity index (χ4n) is 1.78. The molecule has 1 aliphatic heterocycles. The summed E-state index contributed by atoms with van der Waals surface area (Å²) >= 11 is 7.99. The summed E-state index contributed by atoms with van der Waals surface area (Å²) in [5.41, 5.74) is 0.213. The van der Waals surface area contributed by atoms with E-state index in [1.54, 1.807) is 0 Å². The van der Waals surface area contributed by atoms with Crippen LogP contribution in [0.4, 0.5) is 26.3 Å². The Hall–Kier alpha value is -0.830. The van der Waals surface area contributed by atoms with Gasteiger partial charge >= 0.3 is 18.1 Å². The predicted molar refractivity (Wildman–Crippen MR) is 64.8 cm³/mol. The van der Waals surface area contributed by atoms with Crippen molar-refractivity contribution in [3.05, 3.63) is 23.8 Å². The first-order valence-electron chi connectivity index (χ1n) is 5.36. The summed E-state index contributed by atoms with van der Waals surface area (Å²) in [6.45, 7) is 0. The molecule has 118 valence electrons. The Bertz CT molecular complexity index is 546. The summed E-state index contributed by atoms with van der Waals surface area (Å²) < 4.78 is 86.5. The number of halogens is 8. The van der Waals surface area contributed by atoms with Gasteiger partial charge in [-0.05, 0) is 6.07 Å². The number of benzene rings is 1. The average Bonchev–Trinajstić information content (AvgIpc) is 2.76. The van der Waals surface area contributed by atoms with Crippen LogP contribution in [0.15, 0.2) is 18.2 Å². The van der Waals surface area contributed by atoms with Crippen molar-refractivity contribution in [3.8, 4) is 11.5 Å². The molecule has 2 unspecified atom stereocenters. The van der Waals surface area contributed by atoms with Gasteiger partial charge in [-0.25, -0.2) is 0 Å². The van der Waals surface area contributed by atoms with E-state index >= 15 is 0 Å².